The van der Waals surface area contributed by atoms with Crippen LogP contribution in [0.5, 0.6) is 0 Å². The normalized spacial score (nSPS) is 14.0. The van der Waals surface area contributed by atoms with Crippen LogP contribution in [0.25, 0.3) is 0 Å². The lowest BCUT2D eigenvalue weighted by Crippen LogP contribution is -2.49. The second kappa shape index (κ2) is 9.58. The first-order chi connectivity index (χ1) is 13.5. The van der Waals surface area contributed by atoms with Gasteiger partial charge in [0, 0.05) is 18.5 Å². The Balaban J connectivity index is 1.67. The Labute approximate surface area is 167 Å². The van der Waals surface area contributed by atoms with E-state index in [9.17, 15) is 9.59 Å². The molecule has 2 aromatic rings. The lowest BCUT2D eigenvalue weighted by molar-refractivity contribution is -0.146. The molecule has 5 nitrogen and oxygen atoms in total. The highest BCUT2D eigenvalue weighted by molar-refractivity contribution is 5.86. The number of nitrogens with zero attached hydrogens (tertiary/aromatic N) is 2. The van der Waals surface area contributed by atoms with Gasteiger partial charge in [0.2, 0.25) is 11.8 Å². The van der Waals surface area contributed by atoms with Crippen LogP contribution in [0.2, 0.25) is 0 Å². The molecule has 3 rings (SSSR count). The zero-order valence-electron chi connectivity index (χ0n) is 16.8. The molecule has 28 heavy (non-hydrogen) atoms. The molecular formula is C23H30N2O3. The van der Waals surface area contributed by atoms with Crippen LogP contribution in [-0.4, -0.2) is 40.7 Å². The van der Waals surface area contributed by atoms with E-state index in [4.69, 9.17) is 4.42 Å². The summed E-state index contributed by atoms with van der Waals surface area (Å²) >= 11 is 0. The van der Waals surface area contributed by atoms with Crippen LogP contribution in [0.1, 0.15) is 44.4 Å². The highest BCUT2D eigenvalue weighted by Crippen LogP contribution is 2.29. The van der Waals surface area contributed by atoms with Gasteiger partial charge in [-0.15, -0.1) is 0 Å². The van der Waals surface area contributed by atoms with E-state index in [1.807, 2.05) is 44.2 Å². The fraction of sp³-hybridized carbons (Fsp3) is 0.478. The molecular weight excluding hydrogens is 352 g/mol. The number of carbonyl (C=O) groups is 2. The Bertz CT molecular complexity index is 751. The summed E-state index contributed by atoms with van der Waals surface area (Å²) in [6.45, 7) is 5.09. The van der Waals surface area contributed by atoms with Crippen molar-refractivity contribution in [3.8, 4) is 0 Å². The predicted molar refractivity (Wildman–Crippen MR) is 108 cm³/mol. The minimum absolute atomic E-state index is 0.0108. The molecule has 150 valence electrons. The molecule has 1 saturated carbocycles. The summed E-state index contributed by atoms with van der Waals surface area (Å²) in [6, 6.07) is 13.8. The molecule has 5 heteroatoms. The van der Waals surface area contributed by atoms with Crippen molar-refractivity contribution in [2.24, 2.45) is 5.92 Å². The van der Waals surface area contributed by atoms with Crippen LogP contribution in [0.3, 0.4) is 0 Å². The maximum atomic E-state index is 13.1. The number of carbonyl (C=O) groups excluding carboxylic acids is 2. The van der Waals surface area contributed by atoms with E-state index in [0.717, 1.165) is 31.4 Å². The molecule has 0 saturated heterocycles. The van der Waals surface area contributed by atoms with Crippen LogP contribution < -0.4 is 0 Å². The molecule has 1 fully saturated rings. The van der Waals surface area contributed by atoms with Crippen LogP contribution in [-0.2, 0) is 22.6 Å². The summed E-state index contributed by atoms with van der Waals surface area (Å²) in [6.07, 6.45) is 5.39. The second-order valence-corrected chi connectivity index (χ2v) is 7.82. The Morgan fingerprint density at radius 3 is 2.43 bits per heavy atom. The smallest absolute Gasteiger partial charge is 0.242 e. The number of hydrogen-bond donors (Lipinski definition) is 0. The van der Waals surface area contributed by atoms with E-state index < -0.39 is 0 Å². The van der Waals surface area contributed by atoms with Gasteiger partial charge in [0.15, 0.2) is 0 Å². The van der Waals surface area contributed by atoms with Gasteiger partial charge in [0.05, 0.1) is 19.4 Å². The molecule has 2 amide bonds. The van der Waals surface area contributed by atoms with Crippen molar-refractivity contribution in [1.82, 2.24) is 9.80 Å². The van der Waals surface area contributed by atoms with Crippen LogP contribution in [0.4, 0.5) is 0 Å². The summed E-state index contributed by atoms with van der Waals surface area (Å²) < 4.78 is 5.46. The van der Waals surface area contributed by atoms with E-state index >= 15 is 0 Å². The average Bonchev–Trinajstić information content (AvgIpc) is 3.15. The number of furan rings is 1. The quantitative estimate of drug-likeness (QED) is 0.661. The first-order valence-electron chi connectivity index (χ1n) is 10.2. The number of amides is 2. The molecule has 1 aliphatic carbocycles. The van der Waals surface area contributed by atoms with Gasteiger partial charge in [0.1, 0.15) is 5.76 Å². The standard InChI is InChI=1S/C23H30N2O3/c1-18(2)25(23(27)20-10-6-11-20)17-22(26)24(16-21-12-7-15-28-21)14-13-19-8-4-3-5-9-19/h3-5,7-9,12,15,18,20H,6,10-11,13-14,16-17H2,1-2H3. The van der Waals surface area contributed by atoms with E-state index in [0.29, 0.717) is 13.1 Å². The van der Waals surface area contributed by atoms with E-state index in [1.165, 1.54) is 5.56 Å². The van der Waals surface area contributed by atoms with Crippen LogP contribution >= 0.6 is 0 Å². The van der Waals surface area contributed by atoms with Crippen LogP contribution in [0, 0.1) is 5.92 Å². The average molecular weight is 383 g/mol. The van der Waals surface area contributed by atoms with Crippen molar-refractivity contribution in [2.45, 2.75) is 52.1 Å². The molecule has 1 aromatic carbocycles. The maximum absolute atomic E-state index is 13.1. The molecule has 0 aliphatic heterocycles. The third-order valence-corrected chi connectivity index (χ3v) is 5.46. The number of rotatable bonds is 9. The van der Waals surface area contributed by atoms with Crippen molar-refractivity contribution >= 4 is 11.8 Å². The van der Waals surface area contributed by atoms with Gasteiger partial charge in [-0.3, -0.25) is 9.59 Å². The third kappa shape index (κ3) is 5.24. The summed E-state index contributed by atoms with van der Waals surface area (Å²) in [4.78, 5) is 29.4. The van der Waals surface area contributed by atoms with Gasteiger partial charge >= 0.3 is 0 Å². The highest BCUT2D eigenvalue weighted by Gasteiger charge is 2.32. The summed E-state index contributed by atoms with van der Waals surface area (Å²) in [5.41, 5.74) is 1.19. The van der Waals surface area contributed by atoms with Crippen LogP contribution in [0.15, 0.2) is 53.1 Å². The lowest BCUT2D eigenvalue weighted by Gasteiger charge is -2.35. The Morgan fingerprint density at radius 2 is 1.86 bits per heavy atom. The molecule has 0 atom stereocenters. The maximum Gasteiger partial charge on any atom is 0.242 e. The minimum atomic E-state index is -0.0336. The minimum Gasteiger partial charge on any atom is -0.467 e. The molecule has 0 spiro atoms. The van der Waals surface area contributed by atoms with Crippen molar-refractivity contribution in [1.29, 1.82) is 0 Å². The van der Waals surface area contributed by atoms with E-state index in [1.54, 1.807) is 16.1 Å². The monoisotopic (exact) mass is 382 g/mol. The van der Waals surface area contributed by atoms with Crippen molar-refractivity contribution in [3.63, 3.8) is 0 Å². The largest absolute Gasteiger partial charge is 0.467 e. The second-order valence-electron chi connectivity index (χ2n) is 7.82. The fourth-order valence-corrected chi connectivity index (χ4v) is 3.44. The fourth-order valence-electron chi connectivity index (χ4n) is 3.44. The molecule has 0 bridgehead atoms. The molecule has 0 N–H and O–H groups in total. The molecule has 1 aromatic heterocycles. The molecule has 1 heterocycles. The van der Waals surface area contributed by atoms with Gasteiger partial charge in [-0.2, -0.15) is 0 Å². The first kappa shape index (κ1) is 20.2. The lowest BCUT2D eigenvalue weighted by atomic mass is 9.84. The Morgan fingerprint density at radius 1 is 1.11 bits per heavy atom. The summed E-state index contributed by atoms with van der Waals surface area (Å²) in [7, 11) is 0. The predicted octanol–water partition coefficient (Wildman–Crippen LogP) is 3.89. The summed E-state index contributed by atoms with van der Waals surface area (Å²) in [5, 5.41) is 0. The van der Waals surface area contributed by atoms with Crippen molar-refractivity contribution in [2.75, 3.05) is 13.1 Å². The topological polar surface area (TPSA) is 53.8 Å². The Kier molecular flexibility index (Phi) is 6.90. The first-order valence-corrected chi connectivity index (χ1v) is 10.2. The van der Waals surface area contributed by atoms with Gasteiger partial charge in [-0.05, 0) is 50.8 Å². The van der Waals surface area contributed by atoms with Gasteiger partial charge in [-0.25, -0.2) is 0 Å². The van der Waals surface area contributed by atoms with E-state index in [-0.39, 0.29) is 30.3 Å². The molecule has 0 unspecified atom stereocenters. The summed E-state index contributed by atoms with van der Waals surface area (Å²) in [5.74, 6) is 0.935. The van der Waals surface area contributed by atoms with Gasteiger partial charge < -0.3 is 14.2 Å². The number of hydrogen-bond acceptors (Lipinski definition) is 3. The van der Waals surface area contributed by atoms with Gasteiger partial charge in [0.25, 0.3) is 0 Å². The Hall–Kier alpha value is -2.56. The van der Waals surface area contributed by atoms with E-state index in [2.05, 4.69) is 12.1 Å². The van der Waals surface area contributed by atoms with Gasteiger partial charge in [-0.1, -0.05) is 36.8 Å². The highest BCUT2D eigenvalue weighted by atomic mass is 16.3. The zero-order chi connectivity index (χ0) is 19.9. The third-order valence-electron chi connectivity index (χ3n) is 5.46. The number of benzene rings is 1. The van der Waals surface area contributed by atoms with Crippen molar-refractivity contribution < 1.29 is 14.0 Å². The zero-order valence-corrected chi connectivity index (χ0v) is 16.8. The molecule has 1 aliphatic rings. The SMILES string of the molecule is CC(C)N(CC(=O)N(CCc1ccccc1)Cc1ccco1)C(=O)C1CCC1. The molecule has 0 radical (unpaired) electrons. The van der Waals surface area contributed by atoms with Crippen molar-refractivity contribution in [3.05, 3.63) is 60.1 Å².